The smallest absolute Gasteiger partial charge is 0.333 e. The number of carbonyl (C=O) groups is 1. The molecule has 1 heterocycles. The number of ether oxygens (including phenoxy) is 3. The van der Waals surface area contributed by atoms with Crippen molar-refractivity contribution < 1.29 is 23.4 Å². The number of nitrogens with zero attached hydrogens (tertiary/aromatic N) is 3. The highest BCUT2D eigenvalue weighted by molar-refractivity contribution is 6.17. The number of benzene rings is 2. The SMILES string of the molecule is C=C(CCOCCOCCCCCCCl)C(=O)OCCN(C)c1ccc(/C=C(\C#N)c2nc3ccccc3o2)cc1. The van der Waals surface area contributed by atoms with Crippen LogP contribution in [-0.2, 0) is 19.0 Å². The second kappa shape index (κ2) is 17.9. The number of anilines is 1. The van der Waals surface area contributed by atoms with E-state index in [4.69, 9.17) is 30.2 Å². The van der Waals surface area contributed by atoms with Crippen molar-refractivity contribution in [3.8, 4) is 6.07 Å². The number of para-hydroxylation sites is 2. The molecule has 0 saturated heterocycles. The van der Waals surface area contributed by atoms with E-state index in [0.29, 0.717) is 60.9 Å². The van der Waals surface area contributed by atoms with Crippen LogP contribution in [0.2, 0.25) is 0 Å². The maximum absolute atomic E-state index is 12.2. The third-order valence-corrected chi connectivity index (χ3v) is 6.60. The number of alkyl halides is 1. The minimum Gasteiger partial charge on any atom is -0.460 e. The zero-order chi connectivity index (χ0) is 29.3. The Morgan fingerprint density at radius 2 is 1.76 bits per heavy atom. The van der Waals surface area contributed by atoms with E-state index in [1.165, 1.54) is 0 Å². The summed E-state index contributed by atoms with van der Waals surface area (Å²) in [5.74, 6) is 0.590. The van der Waals surface area contributed by atoms with E-state index in [1.807, 2.05) is 60.5 Å². The van der Waals surface area contributed by atoms with Gasteiger partial charge in [-0.2, -0.15) is 5.26 Å². The lowest BCUT2D eigenvalue weighted by Crippen LogP contribution is -2.24. The average Bonchev–Trinajstić information content (AvgIpc) is 3.43. The van der Waals surface area contributed by atoms with Crippen LogP contribution in [0, 0.1) is 11.3 Å². The maximum atomic E-state index is 12.2. The van der Waals surface area contributed by atoms with Gasteiger partial charge in [0.05, 0.1) is 26.4 Å². The second-order valence-corrected chi connectivity index (χ2v) is 9.87. The molecule has 0 saturated carbocycles. The van der Waals surface area contributed by atoms with Crippen LogP contribution in [0.25, 0.3) is 22.7 Å². The molecule has 218 valence electrons. The van der Waals surface area contributed by atoms with Crippen LogP contribution < -0.4 is 4.90 Å². The van der Waals surface area contributed by atoms with Crippen molar-refractivity contribution in [2.24, 2.45) is 0 Å². The number of esters is 1. The van der Waals surface area contributed by atoms with Crippen LogP contribution in [0.15, 0.2) is 65.1 Å². The molecule has 8 nitrogen and oxygen atoms in total. The first kappa shape index (κ1) is 31.9. The number of carbonyl (C=O) groups excluding carboxylic acids is 1. The Morgan fingerprint density at radius 1 is 1.02 bits per heavy atom. The minimum absolute atomic E-state index is 0.228. The van der Waals surface area contributed by atoms with E-state index < -0.39 is 5.97 Å². The first-order valence-corrected chi connectivity index (χ1v) is 14.4. The molecule has 2 aromatic carbocycles. The van der Waals surface area contributed by atoms with E-state index in [9.17, 15) is 10.1 Å². The van der Waals surface area contributed by atoms with Gasteiger partial charge >= 0.3 is 5.97 Å². The Labute approximate surface area is 247 Å². The summed E-state index contributed by atoms with van der Waals surface area (Å²) < 4.78 is 22.2. The van der Waals surface area contributed by atoms with E-state index in [0.717, 1.165) is 49.4 Å². The van der Waals surface area contributed by atoms with Gasteiger partial charge in [-0.25, -0.2) is 9.78 Å². The molecule has 9 heteroatoms. The van der Waals surface area contributed by atoms with Crippen LogP contribution in [0.1, 0.15) is 43.6 Å². The summed E-state index contributed by atoms with van der Waals surface area (Å²) in [6.07, 6.45) is 6.50. The maximum Gasteiger partial charge on any atom is 0.333 e. The van der Waals surface area contributed by atoms with Gasteiger partial charge in [-0.05, 0) is 48.7 Å². The van der Waals surface area contributed by atoms with Crippen molar-refractivity contribution in [3.05, 3.63) is 72.1 Å². The molecule has 0 atom stereocenters. The highest BCUT2D eigenvalue weighted by Gasteiger charge is 2.12. The number of unbranched alkanes of at least 4 members (excludes halogenated alkanes) is 3. The van der Waals surface area contributed by atoms with Gasteiger partial charge < -0.3 is 23.5 Å². The predicted octanol–water partition coefficient (Wildman–Crippen LogP) is 6.65. The molecule has 3 rings (SSSR count). The Kier molecular flexibility index (Phi) is 13.9. The largest absolute Gasteiger partial charge is 0.460 e. The van der Waals surface area contributed by atoms with Crippen LogP contribution in [0.5, 0.6) is 0 Å². The molecule has 0 spiro atoms. The number of fused-ring (bicyclic) bond motifs is 1. The van der Waals surface area contributed by atoms with E-state index in [2.05, 4.69) is 17.6 Å². The van der Waals surface area contributed by atoms with Gasteiger partial charge in [0.15, 0.2) is 5.58 Å². The number of hydrogen-bond donors (Lipinski definition) is 0. The Morgan fingerprint density at radius 3 is 2.49 bits per heavy atom. The van der Waals surface area contributed by atoms with Gasteiger partial charge in [-0.1, -0.05) is 43.7 Å². The molecule has 0 fully saturated rings. The highest BCUT2D eigenvalue weighted by atomic mass is 35.5. The summed E-state index contributed by atoms with van der Waals surface area (Å²) >= 11 is 5.66. The molecule has 0 amide bonds. The van der Waals surface area contributed by atoms with E-state index in [1.54, 1.807) is 6.08 Å². The number of rotatable bonds is 19. The third kappa shape index (κ3) is 11.0. The lowest BCUT2D eigenvalue weighted by molar-refractivity contribution is -0.139. The van der Waals surface area contributed by atoms with Gasteiger partial charge in [0.1, 0.15) is 23.8 Å². The molecule has 0 aliphatic heterocycles. The third-order valence-electron chi connectivity index (χ3n) is 6.33. The molecule has 0 aliphatic rings. The zero-order valence-corrected chi connectivity index (χ0v) is 24.4. The van der Waals surface area contributed by atoms with Gasteiger partial charge in [0.2, 0.25) is 5.89 Å². The number of oxazole rings is 1. The summed E-state index contributed by atoms with van der Waals surface area (Å²) in [6.45, 7) is 6.70. The normalized spacial score (nSPS) is 11.4. The summed E-state index contributed by atoms with van der Waals surface area (Å²) in [6, 6.07) is 17.3. The first-order valence-electron chi connectivity index (χ1n) is 13.9. The quantitative estimate of drug-likeness (QED) is 0.0512. The lowest BCUT2D eigenvalue weighted by Gasteiger charge is -2.19. The fourth-order valence-corrected chi connectivity index (χ4v) is 4.09. The molecule has 0 unspecified atom stereocenters. The van der Waals surface area contributed by atoms with Crippen LogP contribution in [-0.4, -0.2) is 63.5 Å². The van der Waals surface area contributed by atoms with Gasteiger partial charge in [-0.15, -0.1) is 11.6 Å². The van der Waals surface area contributed by atoms with Gasteiger partial charge in [0, 0.05) is 37.2 Å². The predicted molar refractivity (Wildman–Crippen MR) is 163 cm³/mol. The Balaban J connectivity index is 1.32. The molecular weight excluding hydrogens is 542 g/mol. The zero-order valence-electron chi connectivity index (χ0n) is 23.6. The standard InChI is InChI=1S/C32H38ClN3O5/c1-25(15-19-39-22-21-38-18-8-4-3-7-16-33)32(37)40-20-17-36(2)28-13-11-26(12-14-28)23-27(24-34)31-35-29-9-5-6-10-30(29)41-31/h5-6,9-14,23H,1,3-4,7-8,15-22H2,2H3/b27-23+. The average molecular weight is 580 g/mol. The minimum atomic E-state index is -0.418. The van der Waals surface area contributed by atoms with Crippen LogP contribution >= 0.6 is 11.6 Å². The van der Waals surface area contributed by atoms with Crippen molar-refractivity contribution in [1.29, 1.82) is 5.26 Å². The van der Waals surface area contributed by atoms with Gasteiger partial charge in [-0.3, -0.25) is 0 Å². The van der Waals surface area contributed by atoms with Crippen molar-refractivity contribution in [3.63, 3.8) is 0 Å². The number of nitriles is 1. The molecule has 0 aliphatic carbocycles. The monoisotopic (exact) mass is 579 g/mol. The first-order chi connectivity index (χ1) is 20.0. The van der Waals surface area contributed by atoms with Crippen molar-refractivity contribution in [2.75, 3.05) is 57.4 Å². The van der Waals surface area contributed by atoms with Crippen LogP contribution in [0.4, 0.5) is 5.69 Å². The second-order valence-electron chi connectivity index (χ2n) is 9.49. The van der Waals surface area contributed by atoms with Crippen LogP contribution in [0.3, 0.4) is 0 Å². The number of aromatic nitrogens is 1. The van der Waals surface area contributed by atoms with Crippen molar-refractivity contribution in [1.82, 2.24) is 4.98 Å². The molecule has 0 bridgehead atoms. The van der Waals surface area contributed by atoms with Crippen molar-refractivity contribution in [2.45, 2.75) is 32.1 Å². The van der Waals surface area contributed by atoms with E-state index >= 15 is 0 Å². The summed E-state index contributed by atoms with van der Waals surface area (Å²) in [4.78, 5) is 18.6. The number of allylic oxidation sites excluding steroid dienone is 1. The fourth-order valence-electron chi connectivity index (χ4n) is 3.90. The molecule has 3 aromatic rings. The van der Waals surface area contributed by atoms with Crippen molar-refractivity contribution >= 4 is 46.0 Å². The summed E-state index contributed by atoms with van der Waals surface area (Å²) in [5.41, 5.74) is 3.87. The Bertz CT molecular complexity index is 1280. The number of halogens is 1. The topological polar surface area (TPSA) is 97.8 Å². The summed E-state index contributed by atoms with van der Waals surface area (Å²) in [7, 11) is 1.92. The summed E-state index contributed by atoms with van der Waals surface area (Å²) in [5, 5.41) is 9.63. The van der Waals surface area contributed by atoms with E-state index in [-0.39, 0.29) is 6.61 Å². The number of hydrogen-bond acceptors (Lipinski definition) is 8. The molecule has 41 heavy (non-hydrogen) atoms. The molecule has 1 aromatic heterocycles. The lowest BCUT2D eigenvalue weighted by atomic mass is 10.1. The fraction of sp³-hybridized carbons (Fsp3) is 0.406. The molecule has 0 radical (unpaired) electrons. The highest BCUT2D eigenvalue weighted by Crippen LogP contribution is 2.23. The Hall–Kier alpha value is -3.64. The molecular formula is C32H38ClN3O5. The number of likely N-dealkylation sites (N-methyl/N-ethyl adjacent to an activating group) is 1. The molecule has 0 N–H and O–H groups in total. The van der Waals surface area contributed by atoms with Gasteiger partial charge in [0.25, 0.3) is 0 Å².